The van der Waals surface area contributed by atoms with Crippen molar-refractivity contribution >= 4 is 28.7 Å². The van der Waals surface area contributed by atoms with Crippen LogP contribution in [0.2, 0.25) is 0 Å². The second kappa shape index (κ2) is 10.8. The van der Waals surface area contributed by atoms with Crippen molar-refractivity contribution in [3.8, 4) is 0 Å². The number of carbonyl (C=O) groups excluding carboxylic acids is 2. The predicted octanol–water partition coefficient (Wildman–Crippen LogP) is 4.80. The molecule has 3 rings (SSSR count). The number of carbonyl (C=O) groups is 2. The minimum absolute atomic E-state index is 0.174. The van der Waals surface area contributed by atoms with E-state index in [0.717, 1.165) is 0 Å². The highest BCUT2D eigenvalue weighted by Crippen LogP contribution is 2.23. The summed E-state index contributed by atoms with van der Waals surface area (Å²) in [6.45, 7) is -0.00151. The topological polar surface area (TPSA) is 104 Å². The van der Waals surface area contributed by atoms with Crippen LogP contribution >= 0.6 is 0 Å². The molecule has 0 aliphatic carbocycles. The summed E-state index contributed by atoms with van der Waals surface area (Å²) < 4.78 is 56.2. The van der Waals surface area contributed by atoms with Gasteiger partial charge in [-0.15, -0.1) is 0 Å². The summed E-state index contributed by atoms with van der Waals surface area (Å²) in [6.07, 6.45) is -5.08. The Labute approximate surface area is 191 Å². The van der Waals surface area contributed by atoms with E-state index in [2.05, 4.69) is 10.1 Å². The second-order valence-electron chi connectivity index (χ2n) is 7.03. The Morgan fingerprint density at radius 3 is 2.41 bits per heavy atom. The average molecular weight is 479 g/mol. The van der Waals surface area contributed by atoms with Gasteiger partial charge in [0.25, 0.3) is 0 Å². The van der Waals surface area contributed by atoms with E-state index in [-0.39, 0.29) is 31.0 Å². The van der Waals surface area contributed by atoms with Crippen molar-refractivity contribution in [2.45, 2.75) is 26.3 Å². The number of hydrogen-bond acceptors (Lipinski definition) is 7. The maximum absolute atomic E-state index is 12.4. The molecule has 180 valence electrons. The van der Waals surface area contributed by atoms with Crippen LogP contribution < -0.4 is 10.9 Å². The van der Waals surface area contributed by atoms with Crippen LogP contribution in [0, 0.1) is 0 Å². The number of hydrogen-bond donors (Lipinski definition) is 1. The molecule has 1 aromatic heterocycles. The third kappa shape index (κ3) is 7.07. The molecule has 0 spiro atoms. The monoisotopic (exact) mass is 479 g/mol. The first-order valence-electron chi connectivity index (χ1n) is 10.1. The van der Waals surface area contributed by atoms with Crippen molar-refractivity contribution in [3.63, 3.8) is 0 Å². The number of fused-ring (bicyclic) bond motifs is 1. The molecule has 0 aliphatic rings. The van der Waals surface area contributed by atoms with Gasteiger partial charge in [0, 0.05) is 28.8 Å². The fourth-order valence-corrected chi connectivity index (χ4v) is 2.96. The molecule has 8 nitrogen and oxygen atoms in total. The van der Waals surface area contributed by atoms with Gasteiger partial charge < -0.3 is 18.6 Å². The Hall–Kier alpha value is -3.86. The van der Waals surface area contributed by atoms with Gasteiger partial charge >= 0.3 is 23.9 Å². The van der Waals surface area contributed by atoms with Gasteiger partial charge in [0.15, 0.2) is 0 Å². The highest BCUT2D eigenvalue weighted by Gasteiger charge is 2.27. The minimum Gasteiger partial charge on any atom is -0.457 e. The Bertz CT molecular complexity index is 1220. The molecular weight excluding hydrogens is 459 g/mol. The van der Waals surface area contributed by atoms with Gasteiger partial charge in [-0.1, -0.05) is 12.1 Å². The summed E-state index contributed by atoms with van der Waals surface area (Å²) in [4.78, 5) is 35.9. The van der Waals surface area contributed by atoms with Crippen molar-refractivity contribution in [1.82, 2.24) is 0 Å². The van der Waals surface area contributed by atoms with E-state index in [1.807, 2.05) is 0 Å². The van der Waals surface area contributed by atoms with E-state index in [4.69, 9.17) is 13.9 Å². The van der Waals surface area contributed by atoms with Gasteiger partial charge in [0.1, 0.15) is 18.8 Å². The molecule has 0 saturated heterocycles. The van der Waals surface area contributed by atoms with Crippen LogP contribution in [0.5, 0.6) is 0 Å². The summed E-state index contributed by atoms with van der Waals surface area (Å²) in [5.74, 6) is -0.690. The Balaban J connectivity index is 1.65. The van der Waals surface area contributed by atoms with Gasteiger partial charge in [-0.3, -0.25) is 5.32 Å². The SMILES string of the molecule is CCOC(=O)Nc1ccc2c(COC(=O)c3ccc(COCC(F)(F)F)cc3)cc(=O)oc2c1. The van der Waals surface area contributed by atoms with Crippen molar-refractivity contribution < 1.29 is 41.4 Å². The second-order valence-corrected chi connectivity index (χ2v) is 7.03. The summed E-state index contributed by atoms with van der Waals surface area (Å²) in [5.41, 5.74) is 0.876. The molecule has 0 saturated carbocycles. The number of rotatable bonds is 8. The normalized spacial score (nSPS) is 11.3. The van der Waals surface area contributed by atoms with Crippen LogP contribution in [0.1, 0.15) is 28.4 Å². The van der Waals surface area contributed by atoms with Crippen molar-refractivity contribution in [3.05, 3.63) is 75.6 Å². The van der Waals surface area contributed by atoms with E-state index in [0.29, 0.717) is 22.2 Å². The molecule has 0 bridgehead atoms. The van der Waals surface area contributed by atoms with Crippen molar-refractivity contribution in [2.75, 3.05) is 18.5 Å². The van der Waals surface area contributed by atoms with Crippen LogP contribution in [0.3, 0.4) is 0 Å². The highest BCUT2D eigenvalue weighted by molar-refractivity contribution is 5.91. The molecule has 0 unspecified atom stereocenters. The Morgan fingerprint density at radius 1 is 1.00 bits per heavy atom. The molecule has 34 heavy (non-hydrogen) atoms. The Kier molecular flexibility index (Phi) is 7.90. The Morgan fingerprint density at radius 2 is 1.74 bits per heavy atom. The van der Waals surface area contributed by atoms with Crippen LogP contribution in [0.15, 0.2) is 57.7 Å². The van der Waals surface area contributed by atoms with Crippen LogP contribution in [0.25, 0.3) is 11.0 Å². The highest BCUT2D eigenvalue weighted by atomic mass is 19.4. The lowest BCUT2D eigenvalue weighted by molar-refractivity contribution is -0.176. The fourth-order valence-electron chi connectivity index (χ4n) is 2.96. The summed E-state index contributed by atoms with van der Waals surface area (Å²) in [5, 5.41) is 3.00. The molecule has 0 atom stereocenters. The molecule has 0 fully saturated rings. The molecule has 3 aromatic rings. The maximum Gasteiger partial charge on any atom is 0.411 e. The number of alkyl halides is 3. The van der Waals surface area contributed by atoms with Crippen LogP contribution in [-0.2, 0) is 27.4 Å². The number of ether oxygens (including phenoxy) is 3. The molecule has 1 heterocycles. The summed E-state index contributed by atoms with van der Waals surface area (Å²) >= 11 is 0. The summed E-state index contributed by atoms with van der Waals surface area (Å²) in [7, 11) is 0. The van der Waals surface area contributed by atoms with Gasteiger partial charge in [0.2, 0.25) is 0 Å². The first-order chi connectivity index (χ1) is 16.1. The first-order valence-corrected chi connectivity index (χ1v) is 10.1. The van der Waals surface area contributed by atoms with Gasteiger partial charge in [-0.05, 0) is 36.8 Å². The van der Waals surface area contributed by atoms with Gasteiger partial charge in [-0.2, -0.15) is 13.2 Å². The predicted molar refractivity (Wildman–Crippen MR) is 114 cm³/mol. The quantitative estimate of drug-likeness (QED) is 0.366. The largest absolute Gasteiger partial charge is 0.457 e. The smallest absolute Gasteiger partial charge is 0.411 e. The lowest BCUT2D eigenvalue weighted by atomic mass is 10.1. The lowest BCUT2D eigenvalue weighted by Crippen LogP contribution is -2.16. The van der Waals surface area contributed by atoms with Gasteiger partial charge in [0.05, 0.1) is 18.8 Å². The molecule has 1 amide bonds. The van der Waals surface area contributed by atoms with E-state index in [9.17, 15) is 27.6 Å². The number of nitrogens with one attached hydrogen (secondary N) is 1. The zero-order valence-electron chi connectivity index (χ0n) is 17.9. The van der Waals surface area contributed by atoms with E-state index >= 15 is 0 Å². The van der Waals surface area contributed by atoms with E-state index in [1.165, 1.54) is 36.4 Å². The number of anilines is 1. The van der Waals surface area contributed by atoms with Crippen LogP contribution in [-0.4, -0.2) is 31.5 Å². The average Bonchev–Trinajstić information content (AvgIpc) is 2.76. The van der Waals surface area contributed by atoms with Crippen molar-refractivity contribution in [1.29, 1.82) is 0 Å². The van der Waals surface area contributed by atoms with Crippen LogP contribution in [0.4, 0.5) is 23.7 Å². The molecular formula is C23H20F3NO7. The molecule has 2 aromatic carbocycles. The third-order valence-electron chi connectivity index (χ3n) is 4.43. The number of benzene rings is 2. The van der Waals surface area contributed by atoms with Crippen molar-refractivity contribution in [2.24, 2.45) is 0 Å². The zero-order valence-corrected chi connectivity index (χ0v) is 17.9. The molecule has 0 radical (unpaired) electrons. The molecule has 0 aliphatic heterocycles. The lowest BCUT2D eigenvalue weighted by Gasteiger charge is -2.10. The fraction of sp³-hybridized carbons (Fsp3) is 0.261. The zero-order chi connectivity index (χ0) is 24.7. The summed E-state index contributed by atoms with van der Waals surface area (Å²) in [6, 6.07) is 11.5. The minimum atomic E-state index is -4.42. The number of halogens is 3. The number of esters is 1. The molecule has 1 N–H and O–H groups in total. The maximum atomic E-state index is 12.4. The third-order valence-corrected chi connectivity index (χ3v) is 4.43. The standard InChI is InChI=1S/C23H20F3NO7/c1-2-32-22(30)27-17-7-8-18-16(9-20(28)34-19(18)10-17)12-33-21(29)15-5-3-14(4-6-15)11-31-13-23(24,25)26/h3-10H,2,11-13H2,1H3,(H,27,30). The first kappa shape index (κ1) is 24.8. The number of amides is 1. The van der Waals surface area contributed by atoms with E-state index in [1.54, 1.807) is 19.1 Å². The van der Waals surface area contributed by atoms with E-state index < -0.39 is 30.5 Å². The van der Waals surface area contributed by atoms with Gasteiger partial charge in [-0.25, -0.2) is 14.4 Å². The molecule has 11 heteroatoms.